The number of carbonyl (C=O) groups excluding carboxylic acids is 1. The second kappa shape index (κ2) is 6.18. The first-order chi connectivity index (χ1) is 7.18. The van der Waals surface area contributed by atoms with Crippen molar-refractivity contribution < 1.29 is 4.79 Å². The highest BCUT2D eigenvalue weighted by molar-refractivity contribution is 5.80. The van der Waals surface area contributed by atoms with Crippen LogP contribution in [0.15, 0.2) is 42.0 Å². The van der Waals surface area contributed by atoms with E-state index in [-0.39, 0.29) is 0 Å². The van der Waals surface area contributed by atoms with Crippen molar-refractivity contribution in [2.75, 3.05) is 0 Å². The number of hydrogen-bond donors (Lipinski definition) is 0. The first-order valence-electron chi connectivity index (χ1n) is 5.37. The maximum Gasteiger partial charge on any atom is 0.137 e. The van der Waals surface area contributed by atoms with Crippen molar-refractivity contribution in [3.8, 4) is 0 Å². The summed E-state index contributed by atoms with van der Waals surface area (Å²) >= 11 is 0. The topological polar surface area (TPSA) is 17.1 Å². The molecule has 1 rings (SSSR count). The summed E-state index contributed by atoms with van der Waals surface area (Å²) in [5, 5.41) is 0. The Bertz CT molecular complexity index is 332. The van der Waals surface area contributed by atoms with Crippen molar-refractivity contribution in [2.45, 2.75) is 33.1 Å². The Morgan fingerprint density at radius 1 is 1.20 bits per heavy atom. The molecule has 0 spiro atoms. The predicted molar refractivity (Wildman–Crippen MR) is 63.8 cm³/mol. The van der Waals surface area contributed by atoms with Gasteiger partial charge in [0.15, 0.2) is 0 Å². The SMILES string of the molecule is CC(C)=CCCC(=O)Cc1ccccc1. The molecule has 0 bridgehead atoms. The highest BCUT2D eigenvalue weighted by Crippen LogP contribution is 2.04. The fraction of sp³-hybridized carbons (Fsp3) is 0.357. The maximum absolute atomic E-state index is 11.6. The average Bonchev–Trinajstić information content (AvgIpc) is 2.18. The third-order valence-electron chi connectivity index (χ3n) is 2.22. The van der Waals surface area contributed by atoms with Crippen molar-refractivity contribution in [3.05, 3.63) is 47.5 Å². The molecule has 1 nitrogen and oxygen atoms in total. The van der Waals surface area contributed by atoms with Crippen molar-refractivity contribution in [2.24, 2.45) is 0 Å². The molecule has 0 aliphatic rings. The number of ketones is 1. The largest absolute Gasteiger partial charge is 0.299 e. The van der Waals surface area contributed by atoms with Crippen LogP contribution in [0.1, 0.15) is 32.3 Å². The molecule has 0 N–H and O–H groups in total. The molecular weight excluding hydrogens is 184 g/mol. The summed E-state index contributed by atoms with van der Waals surface area (Å²) in [6, 6.07) is 9.91. The van der Waals surface area contributed by atoms with Crippen LogP contribution in [0.25, 0.3) is 0 Å². The van der Waals surface area contributed by atoms with Gasteiger partial charge in [-0.25, -0.2) is 0 Å². The van der Waals surface area contributed by atoms with Crippen LogP contribution in [0.5, 0.6) is 0 Å². The fourth-order valence-electron chi connectivity index (χ4n) is 1.43. The van der Waals surface area contributed by atoms with Gasteiger partial charge in [0.1, 0.15) is 5.78 Å². The first kappa shape index (κ1) is 11.7. The molecule has 0 aromatic heterocycles. The minimum atomic E-state index is 0.318. The van der Waals surface area contributed by atoms with Crippen LogP contribution in [0.3, 0.4) is 0 Å². The standard InChI is InChI=1S/C14H18O/c1-12(2)7-6-10-14(15)11-13-8-4-3-5-9-13/h3-5,7-9H,6,10-11H2,1-2H3. The molecule has 1 aromatic rings. The summed E-state index contributed by atoms with van der Waals surface area (Å²) in [6.45, 7) is 4.11. The lowest BCUT2D eigenvalue weighted by Gasteiger charge is -1.99. The first-order valence-corrected chi connectivity index (χ1v) is 5.37. The molecule has 0 saturated heterocycles. The molecular formula is C14H18O. The minimum Gasteiger partial charge on any atom is -0.299 e. The van der Waals surface area contributed by atoms with Gasteiger partial charge in [-0.2, -0.15) is 0 Å². The van der Waals surface area contributed by atoms with E-state index in [1.165, 1.54) is 5.57 Å². The third-order valence-corrected chi connectivity index (χ3v) is 2.22. The van der Waals surface area contributed by atoms with Gasteiger partial charge < -0.3 is 0 Å². The summed E-state index contributed by atoms with van der Waals surface area (Å²) in [4.78, 5) is 11.6. The van der Waals surface area contributed by atoms with Crippen LogP contribution in [0, 0.1) is 0 Å². The zero-order chi connectivity index (χ0) is 11.1. The molecule has 0 unspecified atom stereocenters. The van der Waals surface area contributed by atoms with Crippen LogP contribution in [-0.4, -0.2) is 5.78 Å². The number of Topliss-reactive ketones (excluding diaryl/α,β-unsaturated/α-hetero) is 1. The molecule has 0 atom stereocenters. The Kier molecular flexibility index (Phi) is 4.82. The summed E-state index contributed by atoms with van der Waals surface area (Å²) in [5.41, 5.74) is 2.39. The summed E-state index contributed by atoms with van der Waals surface area (Å²) in [7, 11) is 0. The second-order valence-electron chi connectivity index (χ2n) is 4.02. The van der Waals surface area contributed by atoms with Gasteiger partial charge in [-0.05, 0) is 25.8 Å². The molecule has 0 aliphatic carbocycles. The molecule has 15 heavy (non-hydrogen) atoms. The number of rotatable bonds is 5. The number of carbonyl (C=O) groups is 1. The molecule has 1 aromatic carbocycles. The Hall–Kier alpha value is -1.37. The Labute approximate surface area is 91.8 Å². The lowest BCUT2D eigenvalue weighted by molar-refractivity contribution is -0.118. The van der Waals surface area contributed by atoms with Gasteiger partial charge in [0, 0.05) is 12.8 Å². The van der Waals surface area contributed by atoms with Gasteiger partial charge in [-0.15, -0.1) is 0 Å². The molecule has 0 saturated carbocycles. The van der Waals surface area contributed by atoms with Crippen molar-refractivity contribution in [3.63, 3.8) is 0 Å². The van der Waals surface area contributed by atoms with E-state index in [2.05, 4.69) is 19.9 Å². The zero-order valence-corrected chi connectivity index (χ0v) is 9.49. The van der Waals surface area contributed by atoms with Gasteiger partial charge in [0.2, 0.25) is 0 Å². The number of benzene rings is 1. The monoisotopic (exact) mass is 202 g/mol. The zero-order valence-electron chi connectivity index (χ0n) is 9.49. The van der Waals surface area contributed by atoms with E-state index >= 15 is 0 Å². The Morgan fingerprint density at radius 2 is 1.87 bits per heavy atom. The van der Waals surface area contributed by atoms with Gasteiger partial charge in [0.25, 0.3) is 0 Å². The normalized spacial score (nSPS) is 9.73. The van der Waals surface area contributed by atoms with E-state index in [1.54, 1.807) is 0 Å². The van der Waals surface area contributed by atoms with Crippen LogP contribution in [-0.2, 0) is 11.2 Å². The Balaban J connectivity index is 2.34. The van der Waals surface area contributed by atoms with E-state index in [0.29, 0.717) is 18.6 Å². The third kappa shape index (κ3) is 5.16. The molecule has 0 heterocycles. The highest BCUT2D eigenvalue weighted by Gasteiger charge is 2.01. The van der Waals surface area contributed by atoms with Gasteiger partial charge in [-0.1, -0.05) is 42.0 Å². The van der Waals surface area contributed by atoms with E-state index in [0.717, 1.165) is 12.0 Å². The van der Waals surface area contributed by atoms with Crippen molar-refractivity contribution in [1.82, 2.24) is 0 Å². The van der Waals surface area contributed by atoms with Gasteiger partial charge in [-0.3, -0.25) is 4.79 Å². The highest BCUT2D eigenvalue weighted by atomic mass is 16.1. The number of allylic oxidation sites excluding steroid dienone is 2. The smallest absolute Gasteiger partial charge is 0.137 e. The van der Waals surface area contributed by atoms with Crippen LogP contribution >= 0.6 is 0 Å². The molecule has 80 valence electrons. The van der Waals surface area contributed by atoms with Gasteiger partial charge in [0.05, 0.1) is 0 Å². The fourth-order valence-corrected chi connectivity index (χ4v) is 1.43. The Morgan fingerprint density at radius 3 is 2.47 bits per heavy atom. The quantitative estimate of drug-likeness (QED) is 0.667. The lowest BCUT2D eigenvalue weighted by Crippen LogP contribution is -2.01. The predicted octanol–water partition coefficient (Wildman–Crippen LogP) is 3.54. The van der Waals surface area contributed by atoms with Gasteiger partial charge >= 0.3 is 0 Å². The minimum absolute atomic E-state index is 0.318. The van der Waals surface area contributed by atoms with Crippen molar-refractivity contribution in [1.29, 1.82) is 0 Å². The average molecular weight is 202 g/mol. The van der Waals surface area contributed by atoms with Crippen LogP contribution in [0.2, 0.25) is 0 Å². The molecule has 0 fully saturated rings. The molecule has 0 aliphatic heterocycles. The summed E-state index contributed by atoms with van der Waals surface area (Å²) in [5.74, 6) is 0.318. The van der Waals surface area contributed by atoms with E-state index < -0.39 is 0 Å². The lowest BCUT2D eigenvalue weighted by atomic mass is 10.1. The molecule has 1 heteroatoms. The second-order valence-corrected chi connectivity index (χ2v) is 4.02. The summed E-state index contributed by atoms with van der Waals surface area (Å²) in [6.07, 6.45) is 4.20. The van der Waals surface area contributed by atoms with Crippen molar-refractivity contribution >= 4 is 5.78 Å². The summed E-state index contributed by atoms with van der Waals surface area (Å²) < 4.78 is 0. The number of hydrogen-bond acceptors (Lipinski definition) is 1. The van der Waals surface area contributed by atoms with Crippen LogP contribution < -0.4 is 0 Å². The van der Waals surface area contributed by atoms with Crippen LogP contribution in [0.4, 0.5) is 0 Å². The molecule has 0 amide bonds. The molecule has 0 radical (unpaired) electrons. The van der Waals surface area contributed by atoms with E-state index in [1.807, 2.05) is 30.3 Å². The van der Waals surface area contributed by atoms with E-state index in [9.17, 15) is 4.79 Å². The van der Waals surface area contributed by atoms with E-state index in [4.69, 9.17) is 0 Å². The maximum atomic E-state index is 11.6.